The fourth-order valence-corrected chi connectivity index (χ4v) is 1.64. The maximum Gasteiger partial charge on any atom is 0.258 e. The second-order valence-corrected chi connectivity index (χ2v) is 3.54. The highest BCUT2D eigenvalue weighted by Crippen LogP contribution is 2.14. The Hall–Kier alpha value is -1.49. The van der Waals surface area contributed by atoms with Gasteiger partial charge in [-0.1, -0.05) is 0 Å². The molecule has 1 aliphatic heterocycles. The lowest BCUT2D eigenvalue weighted by Crippen LogP contribution is -2.30. The summed E-state index contributed by atoms with van der Waals surface area (Å²) >= 11 is 0. The van der Waals surface area contributed by atoms with Gasteiger partial charge >= 0.3 is 0 Å². The van der Waals surface area contributed by atoms with Crippen LogP contribution < -0.4 is 0 Å². The summed E-state index contributed by atoms with van der Waals surface area (Å²) in [7, 11) is 0. The number of aromatic nitrogens is 1. The molecule has 80 valence electrons. The van der Waals surface area contributed by atoms with Crippen molar-refractivity contribution < 1.29 is 14.3 Å². The van der Waals surface area contributed by atoms with Gasteiger partial charge in [0.2, 0.25) is 5.95 Å². The largest absolute Gasteiger partial charge is 0.391 e. The van der Waals surface area contributed by atoms with E-state index in [0.29, 0.717) is 13.0 Å². The van der Waals surface area contributed by atoms with Crippen molar-refractivity contribution in [1.82, 2.24) is 9.88 Å². The van der Waals surface area contributed by atoms with Crippen LogP contribution in [0.3, 0.4) is 0 Å². The summed E-state index contributed by atoms with van der Waals surface area (Å²) < 4.78 is 13.2. The molecule has 0 aliphatic carbocycles. The minimum Gasteiger partial charge on any atom is -0.391 e. The molecule has 0 bridgehead atoms. The molecule has 0 saturated carbocycles. The van der Waals surface area contributed by atoms with Crippen LogP contribution in [0.1, 0.15) is 16.8 Å². The number of likely N-dealkylation sites (tertiary alicyclic amines) is 1. The van der Waals surface area contributed by atoms with Crippen LogP contribution in [0.5, 0.6) is 0 Å². The van der Waals surface area contributed by atoms with Gasteiger partial charge in [0, 0.05) is 19.3 Å². The molecule has 2 heterocycles. The molecule has 1 atom stereocenters. The molecule has 1 saturated heterocycles. The number of nitrogens with zero attached hydrogens (tertiary/aromatic N) is 2. The van der Waals surface area contributed by atoms with Crippen molar-refractivity contribution in [1.29, 1.82) is 0 Å². The van der Waals surface area contributed by atoms with Crippen molar-refractivity contribution in [3.8, 4) is 0 Å². The monoisotopic (exact) mass is 210 g/mol. The Balaban J connectivity index is 2.18. The first-order chi connectivity index (χ1) is 7.18. The number of hydrogen-bond donors (Lipinski definition) is 1. The Morgan fingerprint density at radius 3 is 3.07 bits per heavy atom. The van der Waals surface area contributed by atoms with Gasteiger partial charge in [-0.2, -0.15) is 4.39 Å². The van der Waals surface area contributed by atoms with E-state index in [4.69, 9.17) is 0 Å². The topological polar surface area (TPSA) is 53.4 Å². The summed E-state index contributed by atoms with van der Waals surface area (Å²) in [4.78, 5) is 16.6. The van der Waals surface area contributed by atoms with Gasteiger partial charge in [0.25, 0.3) is 5.91 Å². The van der Waals surface area contributed by atoms with E-state index in [1.807, 2.05) is 0 Å². The standard InChI is InChI=1S/C10H11FN2O2/c11-9-8(2-1-4-12-9)10(15)13-5-3-7(14)6-13/h1-2,4,7,14H,3,5-6H2. The molecule has 5 heteroatoms. The zero-order valence-corrected chi connectivity index (χ0v) is 8.06. The second-order valence-electron chi connectivity index (χ2n) is 3.54. The molecule has 1 unspecified atom stereocenters. The molecule has 0 spiro atoms. The number of rotatable bonds is 1. The molecule has 0 radical (unpaired) electrons. The van der Waals surface area contributed by atoms with Crippen LogP contribution in [-0.2, 0) is 0 Å². The van der Waals surface area contributed by atoms with Crippen molar-refractivity contribution in [2.45, 2.75) is 12.5 Å². The van der Waals surface area contributed by atoms with Gasteiger partial charge in [-0.3, -0.25) is 4.79 Å². The lowest BCUT2D eigenvalue weighted by atomic mass is 10.2. The van der Waals surface area contributed by atoms with Crippen LogP contribution in [-0.4, -0.2) is 40.1 Å². The Bertz CT molecular complexity index is 383. The van der Waals surface area contributed by atoms with Crippen LogP contribution in [0, 0.1) is 5.95 Å². The van der Waals surface area contributed by atoms with Crippen LogP contribution >= 0.6 is 0 Å². The highest BCUT2D eigenvalue weighted by Gasteiger charge is 2.27. The fraction of sp³-hybridized carbons (Fsp3) is 0.400. The number of carbonyl (C=O) groups excluding carboxylic acids is 1. The number of β-amino-alcohol motifs (C(OH)–C–C–N with tert-alkyl or cyclic N) is 1. The fourth-order valence-electron chi connectivity index (χ4n) is 1.64. The van der Waals surface area contributed by atoms with Crippen molar-refractivity contribution in [3.63, 3.8) is 0 Å². The predicted octanol–water partition coefficient (Wildman–Crippen LogP) is 0.427. The third kappa shape index (κ3) is 1.97. The first kappa shape index (κ1) is 10.0. The lowest BCUT2D eigenvalue weighted by Gasteiger charge is -2.15. The van der Waals surface area contributed by atoms with Crippen LogP contribution in [0.4, 0.5) is 4.39 Å². The van der Waals surface area contributed by atoms with E-state index >= 15 is 0 Å². The number of aliphatic hydroxyl groups is 1. The molecule has 0 aromatic carbocycles. The summed E-state index contributed by atoms with van der Waals surface area (Å²) in [6, 6.07) is 2.91. The number of halogens is 1. The smallest absolute Gasteiger partial charge is 0.258 e. The lowest BCUT2D eigenvalue weighted by molar-refractivity contribution is 0.0759. The minimum absolute atomic E-state index is 0.0356. The number of pyridine rings is 1. The first-order valence-electron chi connectivity index (χ1n) is 4.76. The van der Waals surface area contributed by atoms with Gasteiger partial charge < -0.3 is 10.0 Å². The van der Waals surface area contributed by atoms with Crippen molar-refractivity contribution in [2.75, 3.05) is 13.1 Å². The van der Waals surface area contributed by atoms with E-state index in [0.717, 1.165) is 0 Å². The van der Waals surface area contributed by atoms with Crippen LogP contribution in [0.15, 0.2) is 18.3 Å². The highest BCUT2D eigenvalue weighted by molar-refractivity contribution is 5.94. The molecule has 1 aliphatic rings. The number of carbonyl (C=O) groups is 1. The van der Waals surface area contributed by atoms with Gasteiger partial charge in [0.05, 0.1) is 11.7 Å². The second kappa shape index (κ2) is 3.94. The zero-order valence-electron chi connectivity index (χ0n) is 8.06. The van der Waals surface area contributed by atoms with Gasteiger partial charge in [-0.15, -0.1) is 0 Å². The third-order valence-corrected chi connectivity index (χ3v) is 2.44. The van der Waals surface area contributed by atoms with Crippen LogP contribution in [0.25, 0.3) is 0 Å². The van der Waals surface area contributed by atoms with E-state index in [1.54, 1.807) is 0 Å². The van der Waals surface area contributed by atoms with E-state index in [-0.39, 0.29) is 12.1 Å². The quantitative estimate of drug-likeness (QED) is 0.684. The average molecular weight is 210 g/mol. The Morgan fingerprint density at radius 1 is 1.67 bits per heavy atom. The Kier molecular flexibility index (Phi) is 2.64. The average Bonchev–Trinajstić information content (AvgIpc) is 2.65. The van der Waals surface area contributed by atoms with Crippen molar-refractivity contribution in [2.24, 2.45) is 0 Å². The summed E-state index contributed by atoms with van der Waals surface area (Å²) in [6.45, 7) is 0.738. The van der Waals surface area contributed by atoms with Crippen molar-refractivity contribution in [3.05, 3.63) is 29.8 Å². The molecular weight excluding hydrogens is 199 g/mol. The number of hydrogen-bond acceptors (Lipinski definition) is 3. The van der Waals surface area contributed by atoms with Gasteiger partial charge in [0.1, 0.15) is 0 Å². The Morgan fingerprint density at radius 2 is 2.47 bits per heavy atom. The zero-order chi connectivity index (χ0) is 10.8. The summed E-state index contributed by atoms with van der Waals surface area (Å²) in [5, 5.41) is 9.26. The summed E-state index contributed by atoms with van der Waals surface area (Å²) in [6.07, 6.45) is 1.35. The normalized spacial score (nSPS) is 20.7. The molecule has 4 nitrogen and oxygen atoms in total. The van der Waals surface area contributed by atoms with E-state index in [2.05, 4.69) is 4.98 Å². The summed E-state index contributed by atoms with van der Waals surface area (Å²) in [5.74, 6) is -1.17. The molecule has 2 rings (SSSR count). The van der Waals surface area contributed by atoms with E-state index < -0.39 is 18.0 Å². The maximum atomic E-state index is 13.2. The van der Waals surface area contributed by atoms with E-state index in [9.17, 15) is 14.3 Å². The number of aliphatic hydroxyl groups excluding tert-OH is 1. The number of amides is 1. The summed E-state index contributed by atoms with van der Waals surface area (Å²) in [5.41, 5.74) is -0.0356. The molecule has 1 N–H and O–H groups in total. The van der Waals surface area contributed by atoms with E-state index in [1.165, 1.54) is 23.2 Å². The molecule has 1 fully saturated rings. The first-order valence-corrected chi connectivity index (χ1v) is 4.76. The molecule has 15 heavy (non-hydrogen) atoms. The molecule has 1 amide bonds. The minimum atomic E-state index is -0.760. The third-order valence-electron chi connectivity index (χ3n) is 2.44. The molecular formula is C10H11FN2O2. The SMILES string of the molecule is O=C(c1cccnc1F)N1CCC(O)C1. The molecule has 1 aromatic heterocycles. The molecule has 1 aromatic rings. The highest BCUT2D eigenvalue weighted by atomic mass is 19.1. The van der Waals surface area contributed by atoms with Crippen molar-refractivity contribution >= 4 is 5.91 Å². The maximum absolute atomic E-state index is 13.2. The van der Waals surface area contributed by atoms with Gasteiger partial charge in [-0.05, 0) is 18.6 Å². The van der Waals surface area contributed by atoms with Gasteiger partial charge in [0.15, 0.2) is 0 Å². The van der Waals surface area contributed by atoms with Crippen LogP contribution in [0.2, 0.25) is 0 Å². The van der Waals surface area contributed by atoms with Gasteiger partial charge in [-0.25, -0.2) is 4.98 Å². The predicted molar refractivity (Wildman–Crippen MR) is 50.7 cm³/mol. The Labute approximate surface area is 86.4 Å².